The lowest BCUT2D eigenvalue weighted by Crippen LogP contribution is -2.19. The number of benzene rings is 1. The van der Waals surface area contributed by atoms with Gasteiger partial charge in [-0.2, -0.15) is 5.26 Å². The van der Waals surface area contributed by atoms with Crippen molar-refractivity contribution in [1.82, 2.24) is 20.3 Å². The number of nitrogens with one attached hydrogen (secondary N) is 2. The van der Waals surface area contributed by atoms with Gasteiger partial charge in [-0.25, -0.2) is 4.98 Å². The maximum Gasteiger partial charge on any atom is 0.261 e. The number of hydrogen-bond acceptors (Lipinski definition) is 4. The summed E-state index contributed by atoms with van der Waals surface area (Å²) in [5.41, 5.74) is 5.65. The minimum Gasteiger partial charge on any atom is -0.354 e. The molecule has 0 radical (unpaired) electrons. The molecular weight excluding hydrogens is 362 g/mol. The highest BCUT2D eigenvalue weighted by molar-refractivity contribution is 6.01. The summed E-state index contributed by atoms with van der Waals surface area (Å²) < 4.78 is 0. The number of fused-ring (bicyclic) bond motifs is 1. The van der Waals surface area contributed by atoms with E-state index in [4.69, 9.17) is 0 Å². The summed E-state index contributed by atoms with van der Waals surface area (Å²) >= 11 is 0. The number of carbonyl (C=O) groups excluding carboxylic acids is 1. The van der Waals surface area contributed by atoms with Crippen LogP contribution in [0.3, 0.4) is 0 Å². The maximum atomic E-state index is 11.8. The van der Waals surface area contributed by atoms with Gasteiger partial charge in [0.05, 0.1) is 0 Å². The fraction of sp³-hybridized carbons (Fsp3) is 0.0435. The molecular formula is C23H17N5O. The lowest BCUT2D eigenvalue weighted by molar-refractivity contribution is -0.116. The Hall–Kier alpha value is -4.24. The Balaban J connectivity index is 1.77. The molecule has 4 aromatic rings. The molecule has 0 atom stereocenters. The number of rotatable bonds is 4. The lowest BCUT2D eigenvalue weighted by atomic mass is 10.0. The predicted molar refractivity (Wildman–Crippen MR) is 112 cm³/mol. The van der Waals surface area contributed by atoms with E-state index in [1.807, 2.05) is 54.9 Å². The molecule has 3 heterocycles. The van der Waals surface area contributed by atoms with E-state index >= 15 is 0 Å². The molecule has 2 N–H and O–H groups in total. The van der Waals surface area contributed by atoms with Gasteiger partial charge in [0, 0.05) is 48.3 Å². The Kier molecular flexibility index (Phi) is 4.87. The van der Waals surface area contributed by atoms with Gasteiger partial charge in [-0.15, -0.1) is 0 Å². The van der Waals surface area contributed by atoms with Crippen molar-refractivity contribution in [2.75, 3.05) is 7.05 Å². The van der Waals surface area contributed by atoms with Crippen LogP contribution in [0.4, 0.5) is 0 Å². The topological polar surface area (TPSA) is 94.5 Å². The summed E-state index contributed by atoms with van der Waals surface area (Å²) in [6.45, 7) is 0. The van der Waals surface area contributed by atoms with Crippen LogP contribution >= 0.6 is 0 Å². The third kappa shape index (κ3) is 3.62. The quantitative estimate of drug-likeness (QED) is 0.415. The van der Waals surface area contributed by atoms with Gasteiger partial charge in [0.15, 0.2) is 0 Å². The molecule has 4 rings (SSSR count). The van der Waals surface area contributed by atoms with Gasteiger partial charge >= 0.3 is 0 Å². The molecule has 0 aliphatic rings. The SMILES string of the molecule is CNC(=O)/C(C#N)=C/c1cccc(-c2cnc3[nH]cc(-c4ccncc4)c3c2)c1. The summed E-state index contributed by atoms with van der Waals surface area (Å²) in [5, 5.41) is 12.7. The number of amides is 1. The largest absolute Gasteiger partial charge is 0.354 e. The molecule has 3 aromatic heterocycles. The van der Waals surface area contributed by atoms with Crippen LogP contribution in [0.15, 0.2) is 72.8 Å². The Morgan fingerprint density at radius 1 is 1.14 bits per heavy atom. The summed E-state index contributed by atoms with van der Waals surface area (Å²) in [7, 11) is 1.50. The van der Waals surface area contributed by atoms with E-state index < -0.39 is 5.91 Å². The van der Waals surface area contributed by atoms with Crippen molar-refractivity contribution in [2.45, 2.75) is 0 Å². The third-order valence-corrected chi connectivity index (χ3v) is 4.65. The molecule has 0 fully saturated rings. The highest BCUT2D eigenvalue weighted by Gasteiger charge is 2.10. The molecule has 0 saturated heterocycles. The Morgan fingerprint density at radius 2 is 1.97 bits per heavy atom. The maximum absolute atomic E-state index is 11.8. The lowest BCUT2D eigenvalue weighted by Gasteiger charge is -2.05. The standard InChI is InChI=1S/C23H17N5O/c1-25-23(29)18(12-24)10-15-3-2-4-17(9-15)19-11-20-21(14-28-22(20)27-13-19)16-5-7-26-8-6-16/h2-11,13-14H,1H3,(H,25,29)(H,27,28)/b18-10+. The van der Waals surface area contributed by atoms with E-state index in [-0.39, 0.29) is 5.57 Å². The second-order valence-electron chi connectivity index (χ2n) is 6.43. The van der Waals surface area contributed by atoms with Crippen molar-refractivity contribution >= 4 is 23.0 Å². The first kappa shape index (κ1) is 18.1. The van der Waals surface area contributed by atoms with Crippen molar-refractivity contribution in [3.8, 4) is 28.3 Å². The summed E-state index contributed by atoms with van der Waals surface area (Å²) in [6, 6.07) is 15.6. The Morgan fingerprint density at radius 3 is 2.72 bits per heavy atom. The zero-order valence-corrected chi connectivity index (χ0v) is 15.7. The highest BCUT2D eigenvalue weighted by atomic mass is 16.1. The van der Waals surface area contributed by atoms with Crippen molar-refractivity contribution in [1.29, 1.82) is 5.26 Å². The van der Waals surface area contributed by atoms with Gasteiger partial charge in [-0.1, -0.05) is 18.2 Å². The number of nitrogens with zero attached hydrogens (tertiary/aromatic N) is 3. The first-order chi connectivity index (χ1) is 14.2. The number of aromatic amines is 1. The number of aromatic nitrogens is 3. The monoisotopic (exact) mass is 379 g/mol. The van der Waals surface area contributed by atoms with Crippen LogP contribution in [-0.2, 0) is 4.79 Å². The number of carbonyl (C=O) groups is 1. The summed E-state index contributed by atoms with van der Waals surface area (Å²) in [6.07, 6.45) is 8.86. The van der Waals surface area contributed by atoms with E-state index in [9.17, 15) is 10.1 Å². The Labute approximate surface area is 167 Å². The van der Waals surface area contributed by atoms with E-state index in [2.05, 4.69) is 26.3 Å². The molecule has 140 valence electrons. The average molecular weight is 379 g/mol. The van der Waals surface area contributed by atoms with Gasteiger partial charge in [-0.3, -0.25) is 9.78 Å². The van der Waals surface area contributed by atoms with Crippen LogP contribution in [0.5, 0.6) is 0 Å². The van der Waals surface area contributed by atoms with Crippen molar-refractivity contribution in [3.05, 3.63) is 78.4 Å². The predicted octanol–water partition coefficient (Wildman–Crippen LogP) is 3.94. The van der Waals surface area contributed by atoms with Crippen molar-refractivity contribution in [3.63, 3.8) is 0 Å². The van der Waals surface area contributed by atoms with Gasteiger partial charge < -0.3 is 10.3 Å². The zero-order valence-electron chi connectivity index (χ0n) is 15.7. The first-order valence-electron chi connectivity index (χ1n) is 9.01. The van der Waals surface area contributed by atoms with Gasteiger partial charge in [0.1, 0.15) is 17.3 Å². The third-order valence-electron chi connectivity index (χ3n) is 4.65. The van der Waals surface area contributed by atoms with Gasteiger partial charge in [-0.05, 0) is 47.0 Å². The van der Waals surface area contributed by atoms with Crippen LogP contribution in [0.2, 0.25) is 0 Å². The van der Waals surface area contributed by atoms with Gasteiger partial charge in [0.2, 0.25) is 0 Å². The molecule has 0 aliphatic heterocycles. The van der Waals surface area contributed by atoms with E-state index in [1.165, 1.54) is 7.05 Å². The number of H-pyrrole nitrogens is 1. The number of pyridine rings is 2. The molecule has 1 aromatic carbocycles. The smallest absolute Gasteiger partial charge is 0.261 e. The minimum absolute atomic E-state index is 0.0591. The molecule has 0 aliphatic carbocycles. The molecule has 0 bridgehead atoms. The van der Waals surface area contributed by atoms with Crippen LogP contribution in [0.25, 0.3) is 39.4 Å². The van der Waals surface area contributed by atoms with Crippen LogP contribution < -0.4 is 5.32 Å². The molecule has 0 saturated carbocycles. The first-order valence-corrected chi connectivity index (χ1v) is 9.01. The molecule has 0 spiro atoms. The van der Waals surface area contributed by atoms with E-state index in [1.54, 1.807) is 18.5 Å². The molecule has 0 unspecified atom stereocenters. The van der Waals surface area contributed by atoms with E-state index in [0.717, 1.165) is 38.9 Å². The number of nitriles is 1. The highest BCUT2D eigenvalue weighted by Crippen LogP contribution is 2.31. The van der Waals surface area contributed by atoms with Crippen molar-refractivity contribution < 1.29 is 4.79 Å². The average Bonchev–Trinajstić information content (AvgIpc) is 3.21. The summed E-state index contributed by atoms with van der Waals surface area (Å²) in [5.74, 6) is -0.407. The van der Waals surface area contributed by atoms with Crippen LogP contribution in [-0.4, -0.2) is 27.9 Å². The minimum atomic E-state index is -0.407. The molecule has 29 heavy (non-hydrogen) atoms. The zero-order chi connectivity index (χ0) is 20.2. The summed E-state index contributed by atoms with van der Waals surface area (Å²) in [4.78, 5) is 23.6. The second-order valence-corrected chi connectivity index (χ2v) is 6.43. The molecule has 6 nitrogen and oxygen atoms in total. The van der Waals surface area contributed by atoms with Crippen LogP contribution in [0.1, 0.15) is 5.56 Å². The second kappa shape index (κ2) is 7.79. The molecule has 1 amide bonds. The van der Waals surface area contributed by atoms with E-state index in [0.29, 0.717) is 0 Å². The fourth-order valence-electron chi connectivity index (χ4n) is 3.19. The number of likely N-dealkylation sites (N-methyl/N-ethyl adjacent to an activating group) is 1. The normalized spacial score (nSPS) is 11.2. The number of hydrogen-bond donors (Lipinski definition) is 2. The van der Waals surface area contributed by atoms with Crippen molar-refractivity contribution in [2.24, 2.45) is 0 Å². The van der Waals surface area contributed by atoms with Crippen LogP contribution in [0, 0.1) is 11.3 Å². The fourth-order valence-corrected chi connectivity index (χ4v) is 3.19. The van der Waals surface area contributed by atoms with Gasteiger partial charge in [0.25, 0.3) is 5.91 Å². The Bertz CT molecular complexity index is 1270. The molecule has 6 heteroatoms.